The van der Waals surface area contributed by atoms with Crippen molar-refractivity contribution in [1.29, 1.82) is 0 Å². The van der Waals surface area contributed by atoms with Crippen molar-refractivity contribution in [3.8, 4) is 0 Å². The van der Waals surface area contributed by atoms with E-state index in [1.165, 1.54) is 0 Å². The van der Waals surface area contributed by atoms with Gasteiger partial charge in [-0.1, -0.05) is 6.07 Å². The molecular weight excluding hydrogens is 302 g/mol. The summed E-state index contributed by atoms with van der Waals surface area (Å²) in [5.74, 6) is -0.000836. The van der Waals surface area contributed by atoms with Crippen molar-refractivity contribution < 1.29 is 4.79 Å². The summed E-state index contributed by atoms with van der Waals surface area (Å²) in [6.07, 6.45) is 7.35. The lowest BCUT2D eigenvalue weighted by Gasteiger charge is -2.20. The molecular formula is C18H23N5O. The smallest absolute Gasteiger partial charge is 0.257 e. The molecule has 0 aliphatic rings. The Labute approximate surface area is 141 Å². The topological polar surface area (TPSA) is 55.4 Å². The van der Waals surface area contributed by atoms with Crippen LogP contribution in [0, 0.1) is 6.92 Å². The van der Waals surface area contributed by atoms with Crippen LogP contribution in [0.3, 0.4) is 0 Å². The maximum atomic E-state index is 13.0. The highest BCUT2D eigenvalue weighted by atomic mass is 16.2. The lowest BCUT2D eigenvalue weighted by Crippen LogP contribution is -2.30. The van der Waals surface area contributed by atoms with Crippen LogP contribution in [0.5, 0.6) is 0 Å². The summed E-state index contributed by atoms with van der Waals surface area (Å²) >= 11 is 0. The highest BCUT2D eigenvalue weighted by Gasteiger charge is 2.20. The Bertz CT molecular complexity index is 861. The third-order valence-corrected chi connectivity index (χ3v) is 4.20. The van der Waals surface area contributed by atoms with Crippen molar-refractivity contribution in [2.24, 2.45) is 0 Å². The average molecular weight is 325 g/mol. The molecule has 0 saturated carbocycles. The van der Waals surface area contributed by atoms with Crippen molar-refractivity contribution in [1.82, 2.24) is 24.3 Å². The number of hydrogen-bond acceptors (Lipinski definition) is 3. The van der Waals surface area contributed by atoms with E-state index in [1.807, 2.05) is 54.2 Å². The van der Waals surface area contributed by atoms with Gasteiger partial charge >= 0.3 is 0 Å². The summed E-state index contributed by atoms with van der Waals surface area (Å²) in [6.45, 7) is 9.34. The number of fused-ring (bicyclic) bond motifs is 1. The first-order valence-corrected chi connectivity index (χ1v) is 8.26. The number of aromatic nitrogens is 4. The van der Waals surface area contributed by atoms with Crippen molar-refractivity contribution in [3.05, 3.63) is 53.6 Å². The highest BCUT2D eigenvalue weighted by Crippen LogP contribution is 2.18. The Morgan fingerprint density at radius 2 is 2.08 bits per heavy atom. The molecule has 0 aromatic carbocycles. The summed E-state index contributed by atoms with van der Waals surface area (Å²) in [4.78, 5) is 14.8. The van der Waals surface area contributed by atoms with Crippen molar-refractivity contribution >= 4 is 11.4 Å². The van der Waals surface area contributed by atoms with Crippen LogP contribution in [-0.4, -0.2) is 36.7 Å². The lowest BCUT2D eigenvalue weighted by molar-refractivity contribution is 0.0754. The van der Waals surface area contributed by atoms with Gasteiger partial charge in [0, 0.05) is 37.1 Å². The zero-order valence-electron chi connectivity index (χ0n) is 14.6. The molecule has 6 nitrogen and oxygen atoms in total. The fraction of sp³-hybridized carbons (Fsp3) is 0.389. The Hall–Kier alpha value is -2.63. The van der Waals surface area contributed by atoms with E-state index in [9.17, 15) is 4.79 Å². The van der Waals surface area contributed by atoms with Crippen LogP contribution in [0.2, 0.25) is 0 Å². The third-order valence-electron chi connectivity index (χ3n) is 4.20. The third kappa shape index (κ3) is 2.91. The molecule has 126 valence electrons. The molecule has 0 bridgehead atoms. The molecule has 3 aromatic heterocycles. The molecule has 24 heavy (non-hydrogen) atoms. The molecule has 0 unspecified atom stereocenters. The van der Waals surface area contributed by atoms with Gasteiger partial charge in [-0.15, -0.1) is 0 Å². The lowest BCUT2D eigenvalue weighted by atomic mass is 10.1. The molecule has 0 fully saturated rings. The van der Waals surface area contributed by atoms with Gasteiger partial charge in [-0.05, 0) is 39.3 Å². The van der Waals surface area contributed by atoms with E-state index >= 15 is 0 Å². The maximum absolute atomic E-state index is 13.0. The summed E-state index contributed by atoms with van der Waals surface area (Å²) in [7, 11) is 0. The fourth-order valence-electron chi connectivity index (χ4n) is 2.83. The van der Waals surface area contributed by atoms with Gasteiger partial charge in [0.25, 0.3) is 5.91 Å². The van der Waals surface area contributed by atoms with Crippen LogP contribution in [0.4, 0.5) is 0 Å². The maximum Gasteiger partial charge on any atom is 0.257 e. The first-order chi connectivity index (χ1) is 11.5. The number of amides is 1. The number of rotatable bonds is 5. The van der Waals surface area contributed by atoms with Gasteiger partial charge < -0.3 is 4.90 Å². The van der Waals surface area contributed by atoms with Gasteiger partial charge in [-0.3, -0.25) is 9.48 Å². The minimum absolute atomic E-state index is 0.000836. The number of pyridine rings is 1. The molecule has 1 amide bonds. The van der Waals surface area contributed by atoms with Crippen LogP contribution in [0.1, 0.15) is 48.3 Å². The molecule has 0 aliphatic heterocycles. The largest absolute Gasteiger partial charge is 0.334 e. The number of nitrogens with zero attached hydrogens (tertiary/aromatic N) is 5. The molecule has 0 atom stereocenters. The highest BCUT2D eigenvalue weighted by molar-refractivity contribution is 6.01. The molecule has 0 saturated heterocycles. The van der Waals surface area contributed by atoms with Crippen molar-refractivity contribution in [3.63, 3.8) is 0 Å². The van der Waals surface area contributed by atoms with Gasteiger partial charge in [0.15, 0.2) is 0 Å². The van der Waals surface area contributed by atoms with Crippen LogP contribution >= 0.6 is 0 Å². The zero-order valence-corrected chi connectivity index (χ0v) is 14.6. The molecule has 3 aromatic rings. The minimum Gasteiger partial charge on any atom is -0.334 e. The summed E-state index contributed by atoms with van der Waals surface area (Å²) in [5.41, 5.74) is 3.60. The predicted octanol–water partition coefficient (Wildman–Crippen LogP) is 3.08. The Morgan fingerprint density at radius 3 is 2.75 bits per heavy atom. The number of hydrogen-bond donors (Lipinski definition) is 0. The van der Waals surface area contributed by atoms with Gasteiger partial charge in [-0.2, -0.15) is 10.2 Å². The number of aryl methyl sites for hydroxylation is 1. The average Bonchev–Trinajstić information content (AvgIpc) is 3.19. The summed E-state index contributed by atoms with van der Waals surface area (Å²) in [5, 5.41) is 8.66. The molecule has 3 rings (SSSR count). The van der Waals surface area contributed by atoms with E-state index in [-0.39, 0.29) is 5.91 Å². The van der Waals surface area contributed by atoms with E-state index in [2.05, 4.69) is 24.0 Å². The van der Waals surface area contributed by atoms with Crippen LogP contribution in [-0.2, 0) is 6.54 Å². The predicted molar refractivity (Wildman–Crippen MR) is 93.0 cm³/mol. The number of carbonyl (C=O) groups excluding carboxylic acids is 1. The Balaban J connectivity index is 1.88. The monoisotopic (exact) mass is 325 g/mol. The zero-order chi connectivity index (χ0) is 17.3. The summed E-state index contributed by atoms with van der Waals surface area (Å²) < 4.78 is 3.67. The molecule has 0 N–H and O–H groups in total. The second-order valence-corrected chi connectivity index (χ2v) is 6.28. The van der Waals surface area contributed by atoms with Crippen LogP contribution < -0.4 is 0 Å². The molecule has 0 spiro atoms. The van der Waals surface area contributed by atoms with Crippen LogP contribution in [0.15, 0.2) is 36.9 Å². The molecule has 0 aliphatic carbocycles. The van der Waals surface area contributed by atoms with E-state index in [4.69, 9.17) is 0 Å². The van der Waals surface area contributed by atoms with Gasteiger partial charge in [-0.25, -0.2) is 4.52 Å². The minimum atomic E-state index is -0.000836. The van der Waals surface area contributed by atoms with Crippen molar-refractivity contribution in [2.45, 2.75) is 40.3 Å². The van der Waals surface area contributed by atoms with E-state index in [0.717, 1.165) is 16.6 Å². The first kappa shape index (κ1) is 16.2. The van der Waals surface area contributed by atoms with Gasteiger partial charge in [0.1, 0.15) is 0 Å². The van der Waals surface area contributed by atoms with E-state index in [0.29, 0.717) is 24.7 Å². The second kappa shape index (κ2) is 6.47. The standard InChI is InChI=1S/C18H23N5O/c1-5-21(11-15-9-19-23(12-15)13(2)3)18(24)16-10-20-22-8-6-7-14(4)17(16)22/h6-10,12-13H,5,11H2,1-4H3. The quantitative estimate of drug-likeness (QED) is 0.724. The molecule has 0 radical (unpaired) electrons. The Morgan fingerprint density at radius 1 is 1.29 bits per heavy atom. The Kier molecular flexibility index (Phi) is 4.38. The van der Waals surface area contributed by atoms with E-state index in [1.54, 1.807) is 10.7 Å². The van der Waals surface area contributed by atoms with Crippen LogP contribution in [0.25, 0.3) is 5.52 Å². The van der Waals surface area contributed by atoms with E-state index < -0.39 is 0 Å². The molecule has 6 heteroatoms. The fourth-order valence-corrected chi connectivity index (χ4v) is 2.83. The number of carbonyl (C=O) groups is 1. The van der Waals surface area contributed by atoms with Gasteiger partial charge in [0.2, 0.25) is 0 Å². The SMILES string of the molecule is CCN(Cc1cnn(C(C)C)c1)C(=O)c1cnn2cccc(C)c12. The summed E-state index contributed by atoms with van der Waals surface area (Å²) in [6, 6.07) is 4.24. The van der Waals surface area contributed by atoms with Crippen molar-refractivity contribution in [2.75, 3.05) is 6.54 Å². The van der Waals surface area contributed by atoms with Gasteiger partial charge in [0.05, 0.1) is 23.5 Å². The second-order valence-electron chi connectivity index (χ2n) is 6.28. The molecule has 3 heterocycles. The normalized spacial score (nSPS) is 11.4. The first-order valence-electron chi connectivity index (χ1n) is 8.26.